The van der Waals surface area contributed by atoms with Crippen LogP contribution in [0.2, 0.25) is 0 Å². The molecule has 0 aromatic heterocycles. The summed E-state index contributed by atoms with van der Waals surface area (Å²) in [5, 5.41) is 21.3. The van der Waals surface area contributed by atoms with Crippen LogP contribution in [0.1, 0.15) is 284 Å². The standard InChI is InChI=1S/2C14H23N.2C11H25N.2C10H23N/c2*1-5-13(15-14(2,3)4)11-12-9-7-6-8-10-12;2*1-10(2,3)8-7-9-12-11(4,5)6;2*1-7-10(5,6)8-11-9(2,3)4/h2*6-10,13,15H,5,11H2,1-4H3;2*12H,7-9H2,1-6H3;2*11H,7-8H2,1-6H3. The average Bonchev–Trinajstić information content (AvgIpc) is 3.24. The van der Waals surface area contributed by atoms with Gasteiger partial charge >= 0.3 is 0 Å². The molecule has 0 fully saturated rings. The van der Waals surface area contributed by atoms with E-state index in [0.29, 0.717) is 33.7 Å². The Morgan fingerprint density at radius 1 is 0.329 bits per heavy atom. The van der Waals surface area contributed by atoms with E-state index < -0.39 is 0 Å². The highest BCUT2D eigenvalue weighted by atomic mass is 15.0. The number of hydrogen-bond acceptors (Lipinski definition) is 6. The largest absolute Gasteiger partial charge is 0.312 e. The van der Waals surface area contributed by atoms with Crippen LogP contribution in [0.3, 0.4) is 0 Å². The van der Waals surface area contributed by atoms with Crippen molar-refractivity contribution in [3.63, 3.8) is 0 Å². The number of benzene rings is 2. The summed E-state index contributed by atoms with van der Waals surface area (Å²) in [7, 11) is 0. The van der Waals surface area contributed by atoms with Crippen molar-refractivity contribution < 1.29 is 0 Å². The Bertz CT molecular complexity index is 1450. The van der Waals surface area contributed by atoms with Gasteiger partial charge < -0.3 is 31.9 Å². The van der Waals surface area contributed by atoms with Crippen molar-refractivity contribution in [1.82, 2.24) is 31.9 Å². The highest BCUT2D eigenvalue weighted by Crippen LogP contribution is 2.22. The van der Waals surface area contributed by atoms with E-state index in [2.05, 4.69) is 314 Å². The summed E-state index contributed by atoms with van der Waals surface area (Å²) < 4.78 is 0. The van der Waals surface area contributed by atoms with Gasteiger partial charge in [0.15, 0.2) is 0 Å². The van der Waals surface area contributed by atoms with Crippen molar-refractivity contribution in [2.45, 2.75) is 331 Å². The minimum absolute atomic E-state index is 0.204. The molecule has 6 nitrogen and oxygen atoms in total. The molecule has 2 unspecified atom stereocenters. The summed E-state index contributed by atoms with van der Waals surface area (Å²) in [4.78, 5) is 0. The van der Waals surface area contributed by atoms with Crippen LogP contribution in [0.5, 0.6) is 0 Å². The molecule has 6 N–H and O–H groups in total. The SMILES string of the molecule is CC(C)(C)CCCNC(C)(C)C.CC(C)(C)CCCNC(C)(C)C.CCC(C)(C)CNC(C)(C)C.CCC(C)(C)CNC(C)(C)C.CCC(Cc1ccccc1)NC(C)(C)C.CCC(Cc1ccccc1)NC(C)(C)C. The van der Waals surface area contributed by atoms with Crippen LogP contribution in [0.25, 0.3) is 0 Å². The molecule has 76 heavy (non-hydrogen) atoms. The first-order valence-electron chi connectivity index (χ1n) is 30.6. The van der Waals surface area contributed by atoms with E-state index in [1.165, 1.54) is 62.5 Å². The third-order valence-corrected chi connectivity index (χ3v) is 12.5. The third-order valence-electron chi connectivity index (χ3n) is 12.5. The lowest BCUT2D eigenvalue weighted by Crippen LogP contribution is -2.44. The van der Waals surface area contributed by atoms with Crippen LogP contribution in [0, 0.1) is 21.7 Å². The fourth-order valence-corrected chi connectivity index (χ4v) is 7.04. The molecule has 0 radical (unpaired) electrons. The molecule has 0 aliphatic carbocycles. The molecule has 6 heteroatoms. The summed E-state index contributed by atoms with van der Waals surface area (Å²) in [5.41, 5.74) is 6.15. The predicted molar refractivity (Wildman–Crippen MR) is 351 cm³/mol. The second-order valence-corrected chi connectivity index (χ2v) is 32.3. The Kier molecular flexibility index (Phi) is 40.3. The van der Waals surface area contributed by atoms with Gasteiger partial charge in [-0.05, 0) is 235 Å². The lowest BCUT2D eigenvalue weighted by molar-refractivity contribution is 0.282. The Morgan fingerprint density at radius 2 is 0.579 bits per heavy atom. The topological polar surface area (TPSA) is 72.2 Å². The molecule has 2 rings (SSSR count). The van der Waals surface area contributed by atoms with Crippen LogP contribution in [0.4, 0.5) is 0 Å². The molecular weight excluding hydrogens is 925 g/mol. The molecule has 0 aliphatic rings. The van der Waals surface area contributed by atoms with E-state index in [0.717, 1.165) is 39.0 Å². The Hall–Kier alpha value is -1.80. The van der Waals surface area contributed by atoms with Crippen molar-refractivity contribution in [2.24, 2.45) is 21.7 Å². The molecule has 0 saturated carbocycles. The van der Waals surface area contributed by atoms with Gasteiger partial charge in [-0.25, -0.2) is 0 Å². The molecule has 0 saturated heterocycles. The van der Waals surface area contributed by atoms with Gasteiger partial charge in [-0.3, -0.25) is 0 Å². The lowest BCUT2D eigenvalue weighted by Gasteiger charge is -2.29. The molecule has 0 bridgehead atoms. The van der Waals surface area contributed by atoms with Crippen molar-refractivity contribution in [3.05, 3.63) is 71.8 Å². The van der Waals surface area contributed by atoms with Gasteiger partial charge in [-0.2, -0.15) is 0 Å². The average molecular weight is 1070 g/mol. The number of nitrogens with one attached hydrogen (secondary N) is 6. The quantitative estimate of drug-likeness (QED) is 0.0743. The Balaban J connectivity index is -0.000000412. The van der Waals surface area contributed by atoms with Crippen LogP contribution in [-0.2, 0) is 12.8 Å². The van der Waals surface area contributed by atoms with E-state index >= 15 is 0 Å². The fraction of sp³-hybridized carbons (Fsp3) is 0.829. The molecular formula is C70H142N6. The van der Waals surface area contributed by atoms with Gasteiger partial charge in [-0.1, -0.05) is 158 Å². The Labute approximate surface area is 480 Å². The smallest absolute Gasteiger partial charge is 0.0110 e. The van der Waals surface area contributed by atoms with Gasteiger partial charge in [0.25, 0.3) is 0 Å². The zero-order valence-electron chi connectivity index (χ0n) is 57.8. The molecule has 0 heterocycles. The van der Waals surface area contributed by atoms with E-state index in [4.69, 9.17) is 0 Å². The van der Waals surface area contributed by atoms with E-state index in [1.807, 2.05) is 0 Å². The van der Waals surface area contributed by atoms with Gasteiger partial charge in [0.1, 0.15) is 0 Å². The minimum Gasteiger partial charge on any atom is -0.312 e. The first-order valence-corrected chi connectivity index (χ1v) is 30.6. The van der Waals surface area contributed by atoms with Gasteiger partial charge in [0.2, 0.25) is 0 Å². The van der Waals surface area contributed by atoms with Crippen LogP contribution < -0.4 is 31.9 Å². The zero-order valence-corrected chi connectivity index (χ0v) is 57.8. The molecule has 452 valence electrons. The fourth-order valence-electron chi connectivity index (χ4n) is 7.04. The van der Waals surface area contributed by atoms with Crippen LogP contribution >= 0.6 is 0 Å². The van der Waals surface area contributed by atoms with E-state index in [-0.39, 0.29) is 33.2 Å². The summed E-state index contributed by atoms with van der Waals surface area (Å²) in [6, 6.07) is 22.5. The monoisotopic (exact) mass is 1070 g/mol. The number of rotatable bonds is 20. The molecule has 2 atom stereocenters. The molecule has 2 aromatic rings. The van der Waals surface area contributed by atoms with Crippen molar-refractivity contribution in [3.8, 4) is 0 Å². The maximum absolute atomic E-state index is 3.65. The molecule has 0 spiro atoms. The van der Waals surface area contributed by atoms with Crippen molar-refractivity contribution >= 4 is 0 Å². The van der Waals surface area contributed by atoms with Gasteiger partial charge in [0.05, 0.1) is 0 Å². The van der Waals surface area contributed by atoms with E-state index in [9.17, 15) is 0 Å². The first-order chi connectivity index (χ1) is 34.0. The molecule has 0 aliphatic heterocycles. The first kappa shape index (κ1) is 80.7. The lowest BCUT2D eigenvalue weighted by atomic mass is 9.89. The second kappa shape index (κ2) is 38.0. The normalized spacial score (nSPS) is 13.7. The predicted octanol–water partition coefficient (Wildman–Crippen LogP) is 18.8. The molecule has 2 aromatic carbocycles. The summed E-state index contributed by atoms with van der Waals surface area (Å²) in [5.74, 6) is 0. The van der Waals surface area contributed by atoms with Gasteiger partial charge in [-0.15, -0.1) is 0 Å². The van der Waals surface area contributed by atoms with Crippen LogP contribution in [0.15, 0.2) is 60.7 Å². The summed E-state index contributed by atoms with van der Waals surface area (Å²) in [6.07, 6.45) is 12.2. The van der Waals surface area contributed by atoms with Crippen LogP contribution in [-0.4, -0.2) is 71.5 Å². The maximum atomic E-state index is 3.65. The highest BCUT2D eigenvalue weighted by molar-refractivity contribution is 5.17. The Morgan fingerprint density at radius 3 is 0.763 bits per heavy atom. The highest BCUT2D eigenvalue weighted by Gasteiger charge is 2.21. The minimum atomic E-state index is 0.204. The summed E-state index contributed by atoms with van der Waals surface area (Å²) >= 11 is 0. The third kappa shape index (κ3) is 66.5. The van der Waals surface area contributed by atoms with Crippen molar-refractivity contribution in [2.75, 3.05) is 26.2 Å². The second-order valence-electron chi connectivity index (χ2n) is 32.3. The maximum Gasteiger partial charge on any atom is 0.0110 e. The number of hydrogen-bond donors (Lipinski definition) is 6. The summed E-state index contributed by atoms with van der Waals surface area (Å²) in [6.45, 7) is 76.3. The zero-order chi connectivity index (χ0) is 60.5. The molecule has 0 amide bonds. The van der Waals surface area contributed by atoms with E-state index in [1.54, 1.807) is 0 Å². The van der Waals surface area contributed by atoms with Crippen molar-refractivity contribution in [1.29, 1.82) is 0 Å². The van der Waals surface area contributed by atoms with Gasteiger partial charge in [0, 0.05) is 58.4 Å².